The number of rotatable bonds is 4. The number of para-hydroxylation sites is 1. The molecule has 8 heteroatoms. The van der Waals surface area contributed by atoms with E-state index in [4.69, 9.17) is 10.00 Å². The van der Waals surface area contributed by atoms with Gasteiger partial charge < -0.3 is 9.30 Å². The first kappa shape index (κ1) is 16.7. The Morgan fingerprint density at radius 1 is 1.26 bits per heavy atom. The van der Waals surface area contributed by atoms with Crippen LogP contribution in [0.25, 0.3) is 33.3 Å². The lowest BCUT2D eigenvalue weighted by Crippen LogP contribution is -2.24. The van der Waals surface area contributed by atoms with E-state index >= 15 is 0 Å². The van der Waals surface area contributed by atoms with Crippen LogP contribution in [0.4, 0.5) is 0 Å². The van der Waals surface area contributed by atoms with E-state index in [9.17, 15) is 4.79 Å². The summed E-state index contributed by atoms with van der Waals surface area (Å²) in [6.45, 7) is 0.215. The Morgan fingerprint density at radius 3 is 2.85 bits per heavy atom. The van der Waals surface area contributed by atoms with Crippen LogP contribution in [0.1, 0.15) is 6.42 Å². The molecule has 0 bridgehead atoms. The molecule has 0 fully saturated rings. The van der Waals surface area contributed by atoms with Crippen molar-refractivity contribution < 1.29 is 4.74 Å². The van der Waals surface area contributed by atoms with Gasteiger partial charge in [0.05, 0.1) is 25.8 Å². The third-order valence-corrected chi connectivity index (χ3v) is 4.45. The molecule has 0 unspecified atom stereocenters. The van der Waals surface area contributed by atoms with Crippen molar-refractivity contribution in [2.75, 3.05) is 7.11 Å². The largest absolute Gasteiger partial charge is 0.467 e. The van der Waals surface area contributed by atoms with Crippen molar-refractivity contribution in [3.8, 4) is 23.3 Å². The average Bonchev–Trinajstić information content (AvgIpc) is 3.03. The minimum atomic E-state index is -0.296. The van der Waals surface area contributed by atoms with Gasteiger partial charge in [-0.25, -0.2) is 9.97 Å². The molecule has 3 heterocycles. The number of ether oxygens (including phenoxy) is 1. The first-order chi connectivity index (χ1) is 13.1. The molecule has 1 aromatic carbocycles. The van der Waals surface area contributed by atoms with Gasteiger partial charge in [-0.3, -0.25) is 9.36 Å². The number of methoxy groups -OCH3 is 1. The molecular formula is C19H16N6O2. The molecule has 0 amide bonds. The van der Waals surface area contributed by atoms with Crippen LogP contribution in [0.15, 0.2) is 41.5 Å². The summed E-state index contributed by atoms with van der Waals surface area (Å²) in [7, 11) is 3.38. The van der Waals surface area contributed by atoms with Crippen molar-refractivity contribution >= 4 is 22.1 Å². The van der Waals surface area contributed by atoms with Crippen LogP contribution in [-0.2, 0) is 13.6 Å². The number of fused-ring (bicyclic) bond motifs is 2. The van der Waals surface area contributed by atoms with E-state index in [-0.39, 0.29) is 24.5 Å². The zero-order valence-corrected chi connectivity index (χ0v) is 14.9. The van der Waals surface area contributed by atoms with Gasteiger partial charge in [0.15, 0.2) is 5.65 Å². The predicted molar refractivity (Wildman–Crippen MR) is 100 cm³/mol. The monoisotopic (exact) mass is 360 g/mol. The lowest BCUT2D eigenvalue weighted by molar-refractivity contribution is 0.380. The Hall–Kier alpha value is -3.73. The minimum absolute atomic E-state index is 0.146. The van der Waals surface area contributed by atoms with Crippen molar-refractivity contribution in [2.45, 2.75) is 13.0 Å². The van der Waals surface area contributed by atoms with Gasteiger partial charge in [0.1, 0.15) is 11.2 Å². The quantitative estimate of drug-likeness (QED) is 0.554. The summed E-state index contributed by atoms with van der Waals surface area (Å²) >= 11 is 0. The molecule has 3 aromatic heterocycles. The molecule has 0 radical (unpaired) electrons. The smallest absolute Gasteiger partial charge is 0.318 e. The number of nitrogens with zero attached hydrogens (tertiary/aromatic N) is 6. The zero-order valence-electron chi connectivity index (χ0n) is 14.9. The first-order valence-corrected chi connectivity index (χ1v) is 8.37. The van der Waals surface area contributed by atoms with Crippen LogP contribution < -0.4 is 10.3 Å². The Labute approximate surface area is 154 Å². The van der Waals surface area contributed by atoms with Crippen LogP contribution in [0.3, 0.4) is 0 Å². The Bertz CT molecular complexity index is 1270. The highest BCUT2D eigenvalue weighted by atomic mass is 16.5. The maximum Gasteiger partial charge on any atom is 0.318 e. The first-order valence-electron chi connectivity index (χ1n) is 8.37. The molecule has 0 aliphatic carbocycles. The van der Waals surface area contributed by atoms with Crippen molar-refractivity contribution in [3.05, 3.63) is 47.0 Å². The summed E-state index contributed by atoms with van der Waals surface area (Å²) < 4.78 is 8.49. The van der Waals surface area contributed by atoms with Gasteiger partial charge in [-0.2, -0.15) is 10.2 Å². The lowest BCUT2D eigenvalue weighted by atomic mass is 10.1. The second-order valence-electron chi connectivity index (χ2n) is 6.06. The van der Waals surface area contributed by atoms with Crippen LogP contribution in [0.2, 0.25) is 0 Å². The summed E-state index contributed by atoms with van der Waals surface area (Å²) in [4.78, 5) is 26.1. The topological polar surface area (TPSA) is 98.6 Å². The molecule has 4 rings (SSSR count). The Kier molecular flexibility index (Phi) is 4.05. The SMILES string of the molecule is COc1ncc2nc(-c3cn(C)c4ccccc34)c(=O)n(CCC#N)c2n1. The maximum absolute atomic E-state index is 13.2. The molecule has 8 nitrogen and oxygen atoms in total. The average molecular weight is 360 g/mol. The molecule has 4 aromatic rings. The molecule has 0 aliphatic rings. The summed E-state index contributed by atoms with van der Waals surface area (Å²) in [5.74, 6) is 0. The van der Waals surface area contributed by atoms with Crippen molar-refractivity contribution in [1.29, 1.82) is 5.26 Å². The highest BCUT2D eigenvalue weighted by molar-refractivity contribution is 5.95. The molecule has 0 spiro atoms. The molecule has 0 atom stereocenters. The highest BCUT2D eigenvalue weighted by Crippen LogP contribution is 2.28. The second kappa shape index (κ2) is 6.53. The number of nitriles is 1. The van der Waals surface area contributed by atoms with Gasteiger partial charge in [0.25, 0.3) is 5.56 Å². The van der Waals surface area contributed by atoms with E-state index in [1.54, 1.807) is 0 Å². The van der Waals surface area contributed by atoms with Gasteiger partial charge in [-0.1, -0.05) is 18.2 Å². The van der Waals surface area contributed by atoms with Crippen LogP contribution in [-0.4, -0.2) is 31.2 Å². The Balaban J connectivity index is 2.05. The number of benzene rings is 1. The van der Waals surface area contributed by atoms with Crippen molar-refractivity contribution in [3.63, 3.8) is 0 Å². The van der Waals surface area contributed by atoms with E-state index in [0.717, 1.165) is 16.5 Å². The third-order valence-electron chi connectivity index (χ3n) is 4.45. The van der Waals surface area contributed by atoms with Crippen LogP contribution in [0, 0.1) is 11.3 Å². The van der Waals surface area contributed by atoms with Gasteiger partial charge in [-0.05, 0) is 6.07 Å². The normalized spacial score (nSPS) is 11.0. The fraction of sp³-hybridized carbons (Fsp3) is 0.211. The maximum atomic E-state index is 13.2. The number of aryl methyl sites for hydroxylation is 2. The number of hydrogen-bond acceptors (Lipinski definition) is 6. The summed E-state index contributed by atoms with van der Waals surface area (Å²) in [5, 5.41) is 9.92. The fourth-order valence-corrected chi connectivity index (χ4v) is 3.19. The van der Waals surface area contributed by atoms with Gasteiger partial charge >= 0.3 is 6.01 Å². The second-order valence-corrected chi connectivity index (χ2v) is 6.06. The fourth-order valence-electron chi connectivity index (χ4n) is 3.19. The molecule has 134 valence electrons. The molecule has 0 saturated carbocycles. The van der Waals surface area contributed by atoms with E-state index in [0.29, 0.717) is 16.9 Å². The highest BCUT2D eigenvalue weighted by Gasteiger charge is 2.18. The van der Waals surface area contributed by atoms with Crippen LogP contribution in [0.5, 0.6) is 6.01 Å². The van der Waals surface area contributed by atoms with Crippen molar-refractivity contribution in [1.82, 2.24) is 24.1 Å². The number of aromatic nitrogens is 5. The summed E-state index contributed by atoms with van der Waals surface area (Å²) in [5.41, 5.74) is 2.58. The third kappa shape index (κ3) is 2.69. The van der Waals surface area contributed by atoms with E-state index in [2.05, 4.69) is 21.0 Å². The van der Waals surface area contributed by atoms with E-state index in [1.165, 1.54) is 17.9 Å². The van der Waals surface area contributed by atoms with E-state index in [1.807, 2.05) is 42.1 Å². The zero-order chi connectivity index (χ0) is 19.0. The lowest BCUT2D eigenvalue weighted by Gasteiger charge is -2.10. The van der Waals surface area contributed by atoms with Crippen LogP contribution >= 0.6 is 0 Å². The molecule has 27 heavy (non-hydrogen) atoms. The number of hydrogen-bond donors (Lipinski definition) is 0. The molecule has 0 N–H and O–H groups in total. The van der Waals surface area contributed by atoms with Gasteiger partial charge in [0, 0.05) is 36.3 Å². The van der Waals surface area contributed by atoms with Gasteiger partial charge in [0.2, 0.25) is 0 Å². The van der Waals surface area contributed by atoms with E-state index < -0.39 is 0 Å². The molecule has 0 saturated heterocycles. The summed E-state index contributed by atoms with van der Waals surface area (Å²) in [6, 6.07) is 10.0. The standard InChI is InChI=1S/C19H16N6O2/c1-24-11-13(12-6-3-4-7-15(12)24)16-18(26)25(9-5-8-20)17-14(22-16)10-21-19(23-17)27-2/h3-4,6-7,10-11H,5,9H2,1-2H3. The molecule has 0 aliphatic heterocycles. The Morgan fingerprint density at radius 2 is 2.07 bits per heavy atom. The minimum Gasteiger partial charge on any atom is -0.467 e. The summed E-state index contributed by atoms with van der Waals surface area (Å²) in [6.07, 6.45) is 3.59. The molecular weight excluding hydrogens is 344 g/mol. The predicted octanol–water partition coefficient (Wildman–Crippen LogP) is 2.27. The van der Waals surface area contributed by atoms with Gasteiger partial charge in [-0.15, -0.1) is 0 Å². The van der Waals surface area contributed by atoms with Crippen molar-refractivity contribution in [2.24, 2.45) is 7.05 Å².